The second kappa shape index (κ2) is 9.84. The third-order valence-corrected chi connectivity index (χ3v) is 6.20. The highest BCUT2D eigenvalue weighted by Gasteiger charge is 2.28. The van der Waals surface area contributed by atoms with Crippen molar-refractivity contribution in [3.63, 3.8) is 0 Å². The molecule has 1 aromatic heterocycles. The first-order chi connectivity index (χ1) is 17.6. The number of hydrogen-bond donors (Lipinski definition) is 0. The maximum absolute atomic E-state index is 13.8. The highest BCUT2D eigenvalue weighted by Crippen LogP contribution is 2.31. The van der Waals surface area contributed by atoms with Gasteiger partial charge in [0.25, 0.3) is 5.91 Å². The van der Waals surface area contributed by atoms with Gasteiger partial charge in [0.1, 0.15) is 5.75 Å². The number of para-hydroxylation sites is 1. The minimum atomic E-state index is -0.295. The molecule has 0 aliphatic rings. The monoisotopic (exact) mass is 473 g/mol. The predicted octanol–water partition coefficient (Wildman–Crippen LogP) is 5.99. The van der Waals surface area contributed by atoms with E-state index in [1.54, 1.807) is 86.0 Å². The van der Waals surface area contributed by atoms with E-state index in [0.717, 1.165) is 0 Å². The van der Waals surface area contributed by atoms with Gasteiger partial charge in [-0.2, -0.15) is 0 Å². The van der Waals surface area contributed by atoms with Gasteiger partial charge in [0.05, 0.1) is 24.6 Å². The van der Waals surface area contributed by atoms with Crippen molar-refractivity contribution in [2.45, 2.75) is 6.42 Å². The number of Topliss-reactive ketones (excluding diaryl/α,β-unsaturated/α-hetero) is 1. The van der Waals surface area contributed by atoms with Gasteiger partial charge in [0.15, 0.2) is 11.6 Å². The molecular formula is C31H23NO4. The number of nitrogens with zero attached hydrogens (tertiary/aromatic N) is 1. The van der Waals surface area contributed by atoms with E-state index in [9.17, 15) is 14.4 Å². The molecule has 0 bridgehead atoms. The zero-order chi connectivity index (χ0) is 25.1. The topological polar surface area (TPSA) is 65.4 Å². The van der Waals surface area contributed by atoms with Gasteiger partial charge in [0, 0.05) is 27.8 Å². The Labute approximate surface area is 208 Å². The van der Waals surface area contributed by atoms with Crippen LogP contribution in [-0.2, 0) is 6.42 Å². The lowest BCUT2D eigenvalue weighted by molar-refractivity contribution is 0.0958. The summed E-state index contributed by atoms with van der Waals surface area (Å²) in [5.41, 5.74) is 2.75. The van der Waals surface area contributed by atoms with E-state index in [0.29, 0.717) is 44.6 Å². The molecule has 0 fully saturated rings. The van der Waals surface area contributed by atoms with Gasteiger partial charge < -0.3 is 4.74 Å². The summed E-state index contributed by atoms with van der Waals surface area (Å²) in [6.07, 6.45) is -0.118. The summed E-state index contributed by atoms with van der Waals surface area (Å²) in [6.45, 7) is 0. The molecule has 5 nitrogen and oxygen atoms in total. The Morgan fingerprint density at radius 1 is 0.667 bits per heavy atom. The third-order valence-electron chi connectivity index (χ3n) is 6.20. The van der Waals surface area contributed by atoms with Crippen molar-refractivity contribution < 1.29 is 19.1 Å². The number of carbonyl (C=O) groups is 3. The average Bonchev–Trinajstić information content (AvgIpc) is 3.26. The number of methoxy groups -OCH3 is 1. The molecule has 176 valence electrons. The maximum Gasteiger partial charge on any atom is 0.262 e. The maximum atomic E-state index is 13.8. The Morgan fingerprint density at radius 2 is 1.25 bits per heavy atom. The number of ether oxygens (including phenoxy) is 1. The van der Waals surface area contributed by atoms with Gasteiger partial charge in [-0.25, -0.2) is 0 Å². The molecule has 0 amide bonds. The van der Waals surface area contributed by atoms with Gasteiger partial charge in [0.2, 0.25) is 0 Å². The van der Waals surface area contributed by atoms with Crippen molar-refractivity contribution in [1.82, 2.24) is 4.57 Å². The molecule has 0 saturated heterocycles. The van der Waals surface area contributed by atoms with Crippen LogP contribution in [0.3, 0.4) is 0 Å². The first-order valence-corrected chi connectivity index (χ1v) is 11.6. The second-order valence-electron chi connectivity index (χ2n) is 8.37. The summed E-state index contributed by atoms with van der Waals surface area (Å²) in [7, 11) is 1.56. The van der Waals surface area contributed by atoms with E-state index >= 15 is 0 Å². The summed E-state index contributed by atoms with van der Waals surface area (Å²) < 4.78 is 6.72. The highest BCUT2D eigenvalue weighted by molar-refractivity contribution is 6.20. The van der Waals surface area contributed by atoms with Crippen LogP contribution in [0.4, 0.5) is 0 Å². The molecule has 4 aromatic carbocycles. The molecule has 5 aromatic rings. The van der Waals surface area contributed by atoms with E-state index in [4.69, 9.17) is 4.74 Å². The standard InChI is InChI=1S/C31H23NO4/c1-36-24-18-16-21(17-19-24)28(33)20-27-29(30(34)22-10-4-2-5-11-22)25-14-8-9-15-26(25)32(27)31(35)23-12-6-3-7-13-23/h2-19H,20H2,1H3. The van der Waals surface area contributed by atoms with Crippen LogP contribution in [0, 0.1) is 0 Å². The van der Waals surface area contributed by atoms with Gasteiger partial charge >= 0.3 is 0 Å². The number of aromatic nitrogens is 1. The lowest BCUT2D eigenvalue weighted by Crippen LogP contribution is -2.19. The fraction of sp³-hybridized carbons (Fsp3) is 0.0645. The van der Waals surface area contributed by atoms with Crippen molar-refractivity contribution in [3.8, 4) is 5.75 Å². The largest absolute Gasteiger partial charge is 0.497 e. The summed E-state index contributed by atoms with van der Waals surface area (Å²) in [5, 5.41) is 0.633. The molecule has 0 N–H and O–H groups in total. The van der Waals surface area contributed by atoms with E-state index in [-0.39, 0.29) is 23.9 Å². The molecule has 5 rings (SSSR count). The molecule has 36 heavy (non-hydrogen) atoms. The Balaban J connectivity index is 1.72. The molecule has 0 atom stereocenters. The second-order valence-corrected chi connectivity index (χ2v) is 8.37. The zero-order valence-corrected chi connectivity index (χ0v) is 19.7. The van der Waals surface area contributed by atoms with Gasteiger partial charge in [-0.05, 0) is 42.5 Å². The van der Waals surface area contributed by atoms with Crippen LogP contribution in [0.1, 0.15) is 42.3 Å². The molecule has 0 spiro atoms. The number of benzene rings is 4. The summed E-state index contributed by atoms with van der Waals surface area (Å²) in [4.78, 5) is 41.0. The Kier molecular flexibility index (Phi) is 6.29. The van der Waals surface area contributed by atoms with Crippen LogP contribution in [0.15, 0.2) is 109 Å². The van der Waals surface area contributed by atoms with E-state index in [1.165, 1.54) is 4.57 Å². The number of fused-ring (bicyclic) bond motifs is 1. The van der Waals surface area contributed by atoms with Crippen molar-refractivity contribution in [1.29, 1.82) is 0 Å². The fourth-order valence-electron chi connectivity index (χ4n) is 4.42. The van der Waals surface area contributed by atoms with E-state index in [1.807, 2.05) is 30.3 Å². The van der Waals surface area contributed by atoms with E-state index < -0.39 is 0 Å². The Morgan fingerprint density at radius 3 is 1.89 bits per heavy atom. The van der Waals surface area contributed by atoms with Crippen molar-refractivity contribution in [3.05, 3.63) is 137 Å². The average molecular weight is 474 g/mol. The van der Waals surface area contributed by atoms with E-state index in [2.05, 4.69) is 0 Å². The SMILES string of the molecule is COc1ccc(C(=O)Cc2c(C(=O)c3ccccc3)c3ccccc3n2C(=O)c2ccccc2)cc1. The predicted molar refractivity (Wildman–Crippen MR) is 139 cm³/mol. The Bertz CT molecular complexity index is 1480. The Hall–Kier alpha value is -4.77. The lowest BCUT2D eigenvalue weighted by Gasteiger charge is -2.11. The van der Waals surface area contributed by atoms with Gasteiger partial charge in [-0.1, -0.05) is 66.7 Å². The van der Waals surface area contributed by atoms with Crippen LogP contribution >= 0.6 is 0 Å². The molecule has 1 heterocycles. The third kappa shape index (κ3) is 4.23. The van der Waals surface area contributed by atoms with Crippen LogP contribution in [0.25, 0.3) is 10.9 Å². The van der Waals surface area contributed by atoms with Crippen LogP contribution in [-0.4, -0.2) is 29.2 Å². The molecule has 0 saturated carbocycles. The van der Waals surface area contributed by atoms with Crippen molar-refractivity contribution >= 4 is 28.4 Å². The number of rotatable bonds is 7. The molecule has 0 aliphatic carbocycles. The van der Waals surface area contributed by atoms with Crippen molar-refractivity contribution in [2.75, 3.05) is 7.11 Å². The van der Waals surface area contributed by atoms with Crippen LogP contribution < -0.4 is 4.74 Å². The summed E-state index contributed by atoms with van der Waals surface area (Å²) in [6, 6.07) is 31.9. The normalized spacial score (nSPS) is 10.8. The van der Waals surface area contributed by atoms with Crippen LogP contribution in [0.2, 0.25) is 0 Å². The van der Waals surface area contributed by atoms with Gasteiger partial charge in [-0.3, -0.25) is 19.0 Å². The zero-order valence-electron chi connectivity index (χ0n) is 19.7. The first-order valence-electron chi connectivity index (χ1n) is 11.6. The molecule has 0 radical (unpaired) electrons. The highest BCUT2D eigenvalue weighted by atomic mass is 16.5. The molecule has 5 heteroatoms. The fourth-order valence-corrected chi connectivity index (χ4v) is 4.42. The minimum Gasteiger partial charge on any atom is -0.497 e. The van der Waals surface area contributed by atoms with Crippen LogP contribution in [0.5, 0.6) is 5.75 Å². The minimum absolute atomic E-state index is 0.118. The van der Waals surface area contributed by atoms with Crippen molar-refractivity contribution in [2.24, 2.45) is 0 Å². The first kappa shape index (κ1) is 23.0. The summed E-state index contributed by atoms with van der Waals surface area (Å²) >= 11 is 0. The quantitative estimate of drug-likeness (QED) is 0.272. The number of hydrogen-bond acceptors (Lipinski definition) is 4. The smallest absolute Gasteiger partial charge is 0.262 e. The van der Waals surface area contributed by atoms with Gasteiger partial charge in [-0.15, -0.1) is 0 Å². The molecule has 0 aliphatic heterocycles. The number of ketones is 2. The molecule has 0 unspecified atom stereocenters. The summed E-state index contributed by atoms with van der Waals surface area (Å²) in [5.74, 6) is -0.0927. The lowest BCUT2D eigenvalue weighted by atomic mass is 9.97. The number of carbonyl (C=O) groups excluding carboxylic acids is 3. The molecular weight excluding hydrogens is 450 g/mol.